The van der Waals surface area contributed by atoms with Crippen molar-refractivity contribution >= 4 is 144 Å². The van der Waals surface area contributed by atoms with E-state index in [-0.39, 0.29) is 6.71 Å². The Balaban J connectivity index is 0.986. The highest BCUT2D eigenvalue weighted by Crippen LogP contribution is 2.55. The van der Waals surface area contributed by atoms with Crippen molar-refractivity contribution in [1.82, 2.24) is 9.13 Å². The summed E-state index contributed by atoms with van der Waals surface area (Å²) in [5.74, 6) is 0. The van der Waals surface area contributed by atoms with Crippen LogP contribution in [0.3, 0.4) is 0 Å². The maximum absolute atomic E-state index is 2.67. The molecule has 15 aromatic carbocycles. The van der Waals surface area contributed by atoms with Gasteiger partial charge in [-0.3, -0.25) is 0 Å². The lowest BCUT2D eigenvalue weighted by Gasteiger charge is -2.45. The summed E-state index contributed by atoms with van der Waals surface area (Å²) < 4.78 is 4.96. The van der Waals surface area contributed by atoms with Crippen LogP contribution in [0.4, 0.5) is 34.1 Å². The van der Waals surface area contributed by atoms with E-state index in [2.05, 4.69) is 328 Å². The molecule has 2 aliphatic heterocycles. The standard InChI is InChI=1S/C82H51BN4/c1-3-24-52(25-4-1)78-64-36-11-7-28-56(64)58-30-9-13-38-66(58)81(78)86-74-44-23-45-75-80(74)83(68-48-46-54(50-76(68)86)84-70-40-19-15-32-60(70)61-33-16-20-41-71(61)84)69-49-47-55(85-72-42-21-17-34-62(72)63-35-18-22-43-73(63)85)51-77(69)87(75)82-67-39-14-10-31-59(67)57-29-8-12-37-65(57)79(82)53-26-5-2-6-27-53/h1-51H. The molecule has 0 unspecified atom stereocenters. The maximum atomic E-state index is 2.67. The van der Waals surface area contributed by atoms with Crippen molar-refractivity contribution in [3.63, 3.8) is 0 Å². The molecule has 0 radical (unpaired) electrons. The first-order valence-corrected chi connectivity index (χ1v) is 30.2. The number of hydrogen-bond donors (Lipinski definition) is 0. The van der Waals surface area contributed by atoms with E-state index in [1.54, 1.807) is 0 Å². The van der Waals surface area contributed by atoms with E-state index in [4.69, 9.17) is 0 Å². The van der Waals surface area contributed by atoms with Crippen LogP contribution in [-0.4, -0.2) is 15.8 Å². The molecule has 19 rings (SSSR count). The molecular weight excluding hydrogens is 1050 g/mol. The summed E-state index contributed by atoms with van der Waals surface area (Å²) >= 11 is 0. The number of anilines is 6. The minimum Gasteiger partial charge on any atom is -0.310 e. The zero-order valence-corrected chi connectivity index (χ0v) is 47.3. The molecule has 4 heterocycles. The van der Waals surface area contributed by atoms with E-state index in [0.29, 0.717) is 0 Å². The van der Waals surface area contributed by atoms with Gasteiger partial charge in [-0.1, -0.05) is 249 Å². The SMILES string of the molecule is c1ccc(-c2c(N3c4cc(-n5c6ccccc6c6ccccc65)ccc4B4c5ccc(-n6c7ccccc7c7ccccc76)cc5N(c5c(-c6ccccc6)c6ccccc6c6ccccc56)c5cccc3c54)c3ccccc3c3ccccc23)cc1. The Morgan fingerprint density at radius 2 is 0.517 bits per heavy atom. The summed E-state index contributed by atoms with van der Waals surface area (Å²) in [4.78, 5) is 5.34. The number of rotatable bonds is 6. The molecule has 0 saturated heterocycles. The first-order chi connectivity index (χ1) is 43.2. The van der Waals surface area contributed by atoms with E-state index in [0.717, 1.165) is 45.5 Å². The molecule has 0 amide bonds. The molecule has 17 aromatic rings. The highest BCUT2D eigenvalue weighted by molar-refractivity contribution is 7.00. The largest absolute Gasteiger partial charge is 0.310 e. The fourth-order valence-corrected chi connectivity index (χ4v) is 15.6. The van der Waals surface area contributed by atoms with Crippen molar-refractivity contribution in [3.05, 3.63) is 309 Å². The summed E-state index contributed by atoms with van der Waals surface area (Å²) in [5, 5.41) is 14.7. The van der Waals surface area contributed by atoms with Crippen molar-refractivity contribution < 1.29 is 0 Å². The Morgan fingerprint density at radius 1 is 0.218 bits per heavy atom. The molecule has 0 spiro atoms. The van der Waals surface area contributed by atoms with E-state index < -0.39 is 0 Å². The highest BCUT2D eigenvalue weighted by Gasteiger charge is 2.45. The number of hydrogen-bond acceptors (Lipinski definition) is 2. The monoisotopic (exact) mass is 1100 g/mol. The molecule has 5 heteroatoms. The zero-order chi connectivity index (χ0) is 56.8. The normalized spacial score (nSPS) is 12.8. The molecule has 0 saturated carbocycles. The number of nitrogens with zero attached hydrogens (tertiary/aromatic N) is 4. The average molecular weight is 1100 g/mol. The van der Waals surface area contributed by atoms with Gasteiger partial charge in [0.25, 0.3) is 6.71 Å². The predicted octanol–water partition coefficient (Wildman–Crippen LogP) is 19.9. The Hall–Kier alpha value is -11.4. The van der Waals surface area contributed by atoms with Crippen LogP contribution in [0, 0.1) is 0 Å². The first-order valence-electron chi connectivity index (χ1n) is 30.2. The van der Waals surface area contributed by atoms with Crippen LogP contribution in [0.5, 0.6) is 0 Å². The predicted molar refractivity (Wildman–Crippen MR) is 370 cm³/mol. The van der Waals surface area contributed by atoms with Crippen LogP contribution in [0.2, 0.25) is 0 Å². The number of aromatic nitrogens is 2. The van der Waals surface area contributed by atoms with Crippen LogP contribution >= 0.6 is 0 Å². The second-order valence-corrected chi connectivity index (χ2v) is 23.4. The number of benzene rings is 15. The average Bonchev–Trinajstić information content (AvgIpc) is 1.68. The molecule has 402 valence electrons. The van der Waals surface area contributed by atoms with Gasteiger partial charge >= 0.3 is 0 Å². The van der Waals surface area contributed by atoms with Gasteiger partial charge in [0.15, 0.2) is 0 Å². The topological polar surface area (TPSA) is 16.3 Å². The maximum Gasteiger partial charge on any atom is 0.252 e. The van der Waals surface area contributed by atoms with Gasteiger partial charge in [-0.2, -0.15) is 0 Å². The van der Waals surface area contributed by atoms with Crippen LogP contribution in [0.25, 0.3) is 120 Å². The van der Waals surface area contributed by atoms with Gasteiger partial charge in [0.05, 0.1) is 33.4 Å². The first kappa shape index (κ1) is 48.0. The summed E-state index contributed by atoms with van der Waals surface area (Å²) in [6.07, 6.45) is 0. The second-order valence-electron chi connectivity index (χ2n) is 23.4. The van der Waals surface area contributed by atoms with Gasteiger partial charge < -0.3 is 18.9 Å². The molecule has 2 aromatic heterocycles. The molecular formula is C82H51BN4. The lowest BCUT2D eigenvalue weighted by Crippen LogP contribution is -2.61. The molecule has 0 fully saturated rings. The van der Waals surface area contributed by atoms with E-state index >= 15 is 0 Å². The second kappa shape index (κ2) is 18.6. The van der Waals surface area contributed by atoms with Gasteiger partial charge in [0, 0.05) is 77.6 Å². The van der Waals surface area contributed by atoms with Gasteiger partial charge in [-0.25, -0.2) is 0 Å². The molecule has 0 bridgehead atoms. The van der Waals surface area contributed by atoms with Gasteiger partial charge in [-0.05, 0) is 120 Å². The number of fused-ring (bicyclic) bond motifs is 16. The third kappa shape index (κ3) is 6.79. The van der Waals surface area contributed by atoms with Crippen LogP contribution < -0.4 is 26.2 Å². The Bertz CT molecular complexity index is 5280. The van der Waals surface area contributed by atoms with Crippen molar-refractivity contribution in [2.75, 3.05) is 9.80 Å². The van der Waals surface area contributed by atoms with Gasteiger partial charge in [0.1, 0.15) is 0 Å². The van der Waals surface area contributed by atoms with E-state index in [1.807, 2.05) is 0 Å². The van der Waals surface area contributed by atoms with Gasteiger partial charge in [0.2, 0.25) is 0 Å². The molecule has 0 atom stereocenters. The van der Waals surface area contributed by atoms with E-state index in [9.17, 15) is 0 Å². The lowest BCUT2D eigenvalue weighted by atomic mass is 9.33. The van der Waals surface area contributed by atoms with E-state index in [1.165, 1.54) is 125 Å². The highest BCUT2D eigenvalue weighted by atomic mass is 15.2. The summed E-state index contributed by atoms with van der Waals surface area (Å²) in [5.41, 5.74) is 22.3. The van der Waals surface area contributed by atoms with Crippen LogP contribution in [0.15, 0.2) is 309 Å². The zero-order valence-electron chi connectivity index (χ0n) is 47.3. The lowest BCUT2D eigenvalue weighted by molar-refractivity contribution is 1.17. The Labute approximate surface area is 503 Å². The van der Waals surface area contributed by atoms with Gasteiger partial charge in [-0.15, -0.1) is 0 Å². The summed E-state index contributed by atoms with van der Waals surface area (Å²) in [7, 11) is 0. The summed E-state index contributed by atoms with van der Waals surface area (Å²) in [6, 6.07) is 116. The quantitative estimate of drug-likeness (QED) is 0.122. The third-order valence-corrected chi connectivity index (χ3v) is 19.0. The minimum absolute atomic E-state index is 0.174. The van der Waals surface area contributed by atoms with Crippen LogP contribution in [-0.2, 0) is 0 Å². The molecule has 2 aliphatic rings. The van der Waals surface area contributed by atoms with Crippen molar-refractivity contribution in [3.8, 4) is 33.6 Å². The molecule has 87 heavy (non-hydrogen) atoms. The molecule has 0 N–H and O–H groups in total. The molecule has 4 nitrogen and oxygen atoms in total. The summed E-state index contributed by atoms with van der Waals surface area (Å²) in [6.45, 7) is -0.174. The van der Waals surface area contributed by atoms with Crippen molar-refractivity contribution in [2.24, 2.45) is 0 Å². The van der Waals surface area contributed by atoms with Crippen molar-refractivity contribution in [1.29, 1.82) is 0 Å². The minimum atomic E-state index is -0.174. The van der Waals surface area contributed by atoms with Crippen LogP contribution in [0.1, 0.15) is 0 Å². The molecule has 0 aliphatic carbocycles. The fraction of sp³-hybridized carbons (Fsp3) is 0. The van der Waals surface area contributed by atoms with Crippen molar-refractivity contribution in [2.45, 2.75) is 0 Å². The number of para-hydroxylation sites is 4. The Morgan fingerprint density at radius 3 is 0.885 bits per heavy atom. The smallest absolute Gasteiger partial charge is 0.252 e. The Kier molecular flexibility index (Phi) is 10.2. The third-order valence-electron chi connectivity index (χ3n) is 19.0. The fourth-order valence-electron chi connectivity index (χ4n) is 15.6.